The summed E-state index contributed by atoms with van der Waals surface area (Å²) in [6.45, 7) is 1.95. The molecule has 1 saturated heterocycles. The molecule has 1 aliphatic heterocycles. The zero-order valence-corrected chi connectivity index (χ0v) is 14.9. The molecule has 7 heteroatoms. The van der Waals surface area contributed by atoms with Crippen molar-refractivity contribution in [2.45, 2.75) is 38.5 Å². The zero-order valence-electron chi connectivity index (χ0n) is 14.9. The van der Waals surface area contributed by atoms with Crippen LogP contribution in [0, 0.1) is 5.92 Å². The summed E-state index contributed by atoms with van der Waals surface area (Å²) < 4.78 is 0. The van der Waals surface area contributed by atoms with E-state index >= 15 is 0 Å². The Labute approximate surface area is 153 Å². The summed E-state index contributed by atoms with van der Waals surface area (Å²) in [4.78, 5) is 43.5. The summed E-state index contributed by atoms with van der Waals surface area (Å²) >= 11 is 0. The van der Waals surface area contributed by atoms with Gasteiger partial charge in [-0.1, -0.05) is 19.3 Å². The maximum atomic E-state index is 12.5. The van der Waals surface area contributed by atoms with Crippen molar-refractivity contribution in [3.05, 3.63) is 29.6 Å². The van der Waals surface area contributed by atoms with Crippen LogP contribution in [0.4, 0.5) is 0 Å². The first kappa shape index (κ1) is 18.4. The molecule has 1 aromatic rings. The number of carbonyl (C=O) groups is 3. The van der Waals surface area contributed by atoms with Gasteiger partial charge in [0, 0.05) is 38.8 Å². The van der Waals surface area contributed by atoms with Crippen LogP contribution in [0.25, 0.3) is 0 Å². The second kappa shape index (κ2) is 8.29. The molecule has 0 atom stereocenters. The Morgan fingerprint density at radius 1 is 1.04 bits per heavy atom. The molecule has 0 spiro atoms. The van der Waals surface area contributed by atoms with E-state index in [9.17, 15) is 14.4 Å². The zero-order chi connectivity index (χ0) is 18.5. The molecule has 3 rings (SSSR count). The Morgan fingerprint density at radius 3 is 2.35 bits per heavy atom. The average Bonchev–Trinajstić information content (AvgIpc) is 2.68. The fourth-order valence-corrected chi connectivity index (χ4v) is 3.77. The number of aromatic nitrogens is 1. The van der Waals surface area contributed by atoms with Gasteiger partial charge >= 0.3 is 5.97 Å². The first-order valence-corrected chi connectivity index (χ1v) is 9.31. The van der Waals surface area contributed by atoms with E-state index in [-0.39, 0.29) is 23.1 Å². The number of aromatic carboxylic acids is 1. The normalized spacial score (nSPS) is 18.6. The van der Waals surface area contributed by atoms with Crippen molar-refractivity contribution in [2.24, 2.45) is 5.92 Å². The molecule has 2 heterocycles. The smallest absolute Gasteiger partial charge is 0.335 e. The van der Waals surface area contributed by atoms with Crippen molar-refractivity contribution < 1.29 is 19.5 Å². The third-order valence-electron chi connectivity index (χ3n) is 5.33. The number of rotatable bonds is 4. The topological polar surface area (TPSA) is 90.8 Å². The summed E-state index contributed by atoms with van der Waals surface area (Å²) in [7, 11) is 0. The van der Waals surface area contributed by atoms with Crippen LogP contribution in [-0.2, 0) is 4.79 Å². The summed E-state index contributed by atoms with van der Waals surface area (Å²) in [5.74, 6) is -0.666. The van der Waals surface area contributed by atoms with Crippen molar-refractivity contribution in [3.8, 4) is 0 Å². The van der Waals surface area contributed by atoms with Crippen molar-refractivity contribution in [2.75, 3.05) is 26.2 Å². The lowest BCUT2D eigenvalue weighted by molar-refractivity contribution is -0.133. The third-order valence-corrected chi connectivity index (χ3v) is 5.33. The Balaban J connectivity index is 1.52. The Bertz CT molecular complexity index is 677. The number of pyridine rings is 1. The standard InChI is InChI=1S/C19H25N3O4/c23-17(12-14-4-2-1-3-5-14)21-8-10-22(11-9-21)18(24)16-13-15(19(25)26)6-7-20-16/h6-7,13-14H,1-5,8-12H2,(H,25,26). The fourth-order valence-electron chi connectivity index (χ4n) is 3.77. The van der Waals surface area contributed by atoms with Crippen molar-refractivity contribution >= 4 is 17.8 Å². The SMILES string of the molecule is O=C(O)c1ccnc(C(=O)N2CCN(C(=O)CC3CCCCC3)CC2)c1. The van der Waals surface area contributed by atoms with Crippen molar-refractivity contribution in [1.29, 1.82) is 0 Å². The van der Waals surface area contributed by atoms with Gasteiger partial charge in [-0.25, -0.2) is 4.79 Å². The Hall–Kier alpha value is -2.44. The van der Waals surface area contributed by atoms with Crippen LogP contribution in [-0.4, -0.2) is 63.9 Å². The highest BCUT2D eigenvalue weighted by atomic mass is 16.4. The van der Waals surface area contributed by atoms with E-state index in [1.54, 1.807) is 4.90 Å². The molecular formula is C19H25N3O4. The van der Waals surface area contributed by atoms with E-state index in [1.807, 2.05) is 4.90 Å². The van der Waals surface area contributed by atoms with Gasteiger partial charge in [0.05, 0.1) is 5.56 Å². The number of carboxylic acid groups (broad SMARTS) is 1. The van der Waals surface area contributed by atoms with Gasteiger partial charge in [0.1, 0.15) is 5.69 Å². The van der Waals surface area contributed by atoms with Crippen molar-refractivity contribution in [3.63, 3.8) is 0 Å². The molecule has 1 N–H and O–H groups in total. The van der Waals surface area contributed by atoms with Crippen LogP contribution in [0.3, 0.4) is 0 Å². The van der Waals surface area contributed by atoms with Gasteiger partial charge in [-0.05, 0) is 30.9 Å². The predicted molar refractivity (Wildman–Crippen MR) is 94.9 cm³/mol. The maximum Gasteiger partial charge on any atom is 0.335 e. The highest BCUT2D eigenvalue weighted by Gasteiger charge is 2.27. The number of nitrogens with zero attached hydrogens (tertiary/aromatic N) is 3. The number of carboxylic acids is 1. The molecule has 2 fully saturated rings. The minimum Gasteiger partial charge on any atom is -0.478 e. The molecule has 0 bridgehead atoms. The van der Waals surface area contributed by atoms with E-state index < -0.39 is 5.97 Å². The van der Waals surface area contributed by atoms with Gasteiger partial charge in [0.2, 0.25) is 5.91 Å². The lowest BCUT2D eigenvalue weighted by Gasteiger charge is -2.35. The average molecular weight is 359 g/mol. The van der Waals surface area contributed by atoms with E-state index in [4.69, 9.17) is 5.11 Å². The van der Waals surface area contributed by atoms with Crippen LogP contribution in [0.1, 0.15) is 59.4 Å². The van der Waals surface area contributed by atoms with Gasteiger partial charge in [-0.15, -0.1) is 0 Å². The fraction of sp³-hybridized carbons (Fsp3) is 0.579. The third kappa shape index (κ3) is 4.39. The lowest BCUT2D eigenvalue weighted by Crippen LogP contribution is -2.51. The summed E-state index contributed by atoms with van der Waals surface area (Å²) in [6.07, 6.45) is 7.98. The highest BCUT2D eigenvalue weighted by molar-refractivity contribution is 5.96. The minimum atomic E-state index is -1.08. The van der Waals surface area contributed by atoms with Crippen LogP contribution in [0.15, 0.2) is 18.3 Å². The predicted octanol–water partition coefficient (Wildman–Crippen LogP) is 2.03. The Morgan fingerprint density at radius 2 is 1.69 bits per heavy atom. The number of hydrogen-bond acceptors (Lipinski definition) is 4. The van der Waals surface area contributed by atoms with E-state index in [1.165, 1.54) is 37.6 Å². The molecule has 1 saturated carbocycles. The second-order valence-corrected chi connectivity index (χ2v) is 7.12. The Kier molecular flexibility index (Phi) is 5.85. The monoisotopic (exact) mass is 359 g/mol. The summed E-state index contributed by atoms with van der Waals surface area (Å²) in [5, 5.41) is 9.03. The first-order chi connectivity index (χ1) is 12.5. The van der Waals surface area contributed by atoms with E-state index in [0.29, 0.717) is 38.5 Å². The highest BCUT2D eigenvalue weighted by Crippen LogP contribution is 2.27. The lowest BCUT2D eigenvalue weighted by atomic mass is 9.86. The first-order valence-electron chi connectivity index (χ1n) is 9.31. The largest absolute Gasteiger partial charge is 0.478 e. The molecule has 26 heavy (non-hydrogen) atoms. The number of carbonyl (C=O) groups excluding carboxylic acids is 2. The van der Waals surface area contributed by atoms with Crippen LogP contribution in [0.2, 0.25) is 0 Å². The molecule has 1 aromatic heterocycles. The summed E-state index contributed by atoms with van der Waals surface area (Å²) in [6, 6.07) is 2.66. The molecule has 0 unspecified atom stereocenters. The van der Waals surface area contributed by atoms with Crippen molar-refractivity contribution in [1.82, 2.24) is 14.8 Å². The van der Waals surface area contributed by atoms with E-state index in [0.717, 1.165) is 12.8 Å². The number of amides is 2. The molecule has 2 aliphatic rings. The summed E-state index contributed by atoms with van der Waals surface area (Å²) in [5.41, 5.74) is 0.177. The molecule has 0 aromatic carbocycles. The molecule has 140 valence electrons. The quantitative estimate of drug-likeness (QED) is 0.888. The number of piperazine rings is 1. The minimum absolute atomic E-state index is 0.0460. The van der Waals surface area contributed by atoms with Crippen LogP contribution < -0.4 is 0 Å². The maximum absolute atomic E-state index is 12.5. The van der Waals surface area contributed by atoms with Gasteiger partial charge < -0.3 is 14.9 Å². The van der Waals surface area contributed by atoms with Crippen LogP contribution in [0.5, 0.6) is 0 Å². The molecular weight excluding hydrogens is 334 g/mol. The molecule has 1 aliphatic carbocycles. The van der Waals surface area contributed by atoms with E-state index in [2.05, 4.69) is 4.98 Å². The number of hydrogen-bond donors (Lipinski definition) is 1. The molecule has 7 nitrogen and oxygen atoms in total. The van der Waals surface area contributed by atoms with Gasteiger partial charge in [0.15, 0.2) is 0 Å². The van der Waals surface area contributed by atoms with Gasteiger partial charge in [0.25, 0.3) is 5.91 Å². The van der Waals surface area contributed by atoms with Crippen LogP contribution >= 0.6 is 0 Å². The molecule has 2 amide bonds. The van der Waals surface area contributed by atoms with Gasteiger partial charge in [-0.3, -0.25) is 14.6 Å². The second-order valence-electron chi connectivity index (χ2n) is 7.12. The molecule has 0 radical (unpaired) electrons. The van der Waals surface area contributed by atoms with Gasteiger partial charge in [-0.2, -0.15) is 0 Å².